The summed E-state index contributed by atoms with van der Waals surface area (Å²) in [4.78, 5) is 14.9. The first-order valence-corrected chi connectivity index (χ1v) is 9.26. The van der Waals surface area contributed by atoms with Crippen LogP contribution in [-0.4, -0.2) is 80.7 Å². The number of aromatic nitrogens is 1. The second-order valence-electron chi connectivity index (χ2n) is 6.04. The average Bonchev–Trinajstić information content (AvgIpc) is 2.84. The van der Waals surface area contributed by atoms with Crippen LogP contribution in [0.2, 0.25) is 0 Å². The van der Waals surface area contributed by atoms with Crippen LogP contribution in [0.4, 0.5) is 0 Å². The van der Waals surface area contributed by atoms with Crippen LogP contribution in [0.15, 0.2) is 11.2 Å². The number of rotatable bonds is 6. The summed E-state index contributed by atoms with van der Waals surface area (Å²) in [5, 5.41) is 7.95. The lowest BCUT2D eigenvalue weighted by Gasteiger charge is -2.21. The van der Waals surface area contributed by atoms with Crippen molar-refractivity contribution in [3.8, 4) is 0 Å². The quantitative estimate of drug-likeness (QED) is 0.593. The van der Waals surface area contributed by atoms with Gasteiger partial charge in [-0.1, -0.05) is 0 Å². The van der Waals surface area contributed by atoms with Crippen molar-refractivity contribution >= 4 is 17.3 Å². The van der Waals surface area contributed by atoms with Crippen LogP contribution in [0.5, 0.6) is 0 Å². The van der Waals surface area contributed by atoms with Crippen LogP contribution in [0.25, 0.3) is 0 Å². The zero-order chi connectivity index (χ0) is 16.5. The zero-order valence-electron chi connectivity index (χ0n) is 14.6. The number of hydrogen-bond donors (Lipinski definition) is 2. The highest BCUT2D eigenvalue weighted by molar-refractivity contribution is 7.11. The van der Waals surface area contributed by atoms with Crippen molar-refractivity contribution < 1.29 is 0 Å². The lowest BCUT2D eigenvalue weighted by atomic mass is 10.4. The topological polar surface area (TPSA) is 55.8 Å². The van der Waals surface area contributed by atoms with Gasteiger partial charge in [0.05, 0.1) is 5.01 Å². The molecule has 0 aromatic carbocycles. The summed E-state index contributed by atoms with van der Waals surface area (Å²) >= 11 is 1.76. The van der Waals surface area contributed by atoms with E-state index in [0.717, 1.165) is 38.6 Å². The molecule has 130 valence electrons. The lowest BCUT2D eigenvalue weighted by Crippen LogP contribution is -2.42. The molecule has 1 fully saturated rings. The third kappa shape index (κ3) is 6.85. The van der Waals surface area contributed by atoms with Gasteiger partial charge in [-0.3, -0.25) is 4.99 Å². The summed E-state index contributed by atoms with van der Waals surface area (Å²) < 4.78 is 0. The van der Waals surface area contributed by atoms with Crippen molar-refractivity contribution in [2.45, 2.75) is 19.8 Å². The Labute approximate surface area is 144 Å². The minimum atomic E-state index is 0.862. The van der Waals surface area contributed by atoms with E-state index in [1.807, 2.05) is 13.2 Å². The number of guanidine groups is 1. The maximum absolute atomic E-state index is 4.38. The number of aliphatic imine (C=N–C) groups is 1. The molecule has 0 radical (unpaired) electrons. The highest BCUT2D eigenvalue weighted by Gasteiger charge is 2.11. The maximum Gasteiger partial charge on any atom is 0.191 e. The molecule has 0 aliphatic carbocycles. The van der Waals surface area contributed by atoms with Gasteiger partial charge in [-0.05, 0) is 33.5 Å². The van der Waals surface area contributed by atoms with E-state index in [4.69, 9.17) is 0 Å². The Hall–Kier alpha value is -1.18. The number of aryl methyl sites for hydroxylation is 1. The summed E-state index contributed by atoms with van der Waals surface area (Å²) in [7, 11) is 4.03. The van der Waals surface area contributed by atoms with Gasteiger partial charge in [-0.25, -0.2) is 4.98 Å². The Morgan fingerprint density at radius 1 is 1.26 bits per heavy atom. The van der Waals surface area contributed by atoms with E-state index < -0.39 is 0 Å². The van der Waals surface area contributed by atoms with Gasteiger partial charge in [0.2, 0.25) is 0 Å². The van der Waals surface area contributed by atoms with Crippen LogP contribution < -0.4 is 10.6 Å². The van der Waals surface area contributed by atoms with Gasteiger partial charge in [0.25, 0.3) is 0 Å². The second-order valence-corrected chi connectivity index (χ2v) is 7.36. The molecule has 0 spiro atoms. The predicted octanol–water partition coefficient (Wildman–Crippen LogP) is 0.797. The third-order valence-electron chi connectivity index (χ3n) is 4.06. The predicted molar refractivity (Wildman–Crippen MR) is 98.5 cm³/mol. The smallest absolute Gasteiger partial charge is 0.191 e. The van der Waals surface area contributed by atoms with Crippen molar-refractivity contribution in [3.63, 3.8) is 0 Å². The summed E-state index contributed by atoms with van der Waals surface area (Å²) in [5.41, 5.74) is 0. The molecule has 0 amide bonds. The molecule has 7 heteroatoms. The maximum atomic E-state index is 4.38. The number of nitrogens with one attached hydrogen (secondary N) is 2. The van der Waals surface area contributed by atoms with Gasteiger partial charge in [0, 0.05) is 57.3 Å². The molecule has 2 N–H and O–H groups in total. The van der Waals surface area contributed by atoms with Crippen LogP contribution in [0, 0.1) is 6.92 Å². The van der Waals surface area contributed by atoms with Gasteiger partial charge in [-0.2, -0.15) is 0 Å². The van der Waals surface area contributed by atoms with Crippen molar-refractivity contribution in [2.75, 3.05) is 59.9 Å². The molecule has 0 saturated carbocycles. The Kier molecular flexibility index (Phi) is 7.78. The van der Waals surface area contributed by atoms with Crippen LogP contribution in [0.3, 0.4) is 0 Å². The number of likely N-dealkylation sites (N-methyl/N-ethyl adjacent to an activating group) is 1. The van der Waals surface area contributed by atoms with Gasteiger partial charge in [0.1, 0.15) is 0 Å². The first-order chi connectivity index (χ1) is 11.2. The normalized spacial score (nSPS) is 18.0. The Morgan fingerprint density at radius 2 is 2.09 bits per heavy atom. The van der Waals surface area contributed by atoms with Crippen LogP contribution in [0.1, 0.15) is 16.3 Å². The molecule has 0 atom stereocenters. The Balaban J connectivity index is 1.61. The molecule has 0 unspecified atom stereocenters. The number of thiazole rings is 1. The van der Waals surface area contributed by atoms with E-state index >= 15 is 0 Å². The molecule has 23 heavy (non-hydrogen) atoms. The van der Waals surface area contributed by atoms with Crippen molar-refractivity contribution in [2.24, 2.45) is 4.99 Å². The first-order valence-electron chi connectivity index (χ1n) is 8.44. The molecule has 1 aromatic heterocycles. The van der Waals surface area contributed by atoms with Crippen LogP contribution >= 0.6 is 11.3 Å². The van der Waals surface area contributed by atoms with E-state index in [9.17, 15) is 0 Å². The van der Waals surface area contributed by atoms with E-state index in [-0.39, 0.29) is 0 Å². The SMILES string of the molecule is CN=C(NCCc1ncc(C)s1)NCCN1CCCN(C)CC1. The summed E-state index contributed by atoms with van der Waals surface area (Å²) in [6, 6.07) is 0. The van der Waals surface area contributed by atoms with Crippen molar-refractivity contribution in [1.82, 2.24) is 25.4 Å². The minimum absolute atomic E-state index is 0.862. The van der Waals surface area contributed by atoms with Gasteiger partial charge >= 0.3 is 0 Å². The third-order valence-corrected chi connectivity index (χ3v) is 5.03. The molecule has 6 nitrogen and oxygen atoms in total. The largest absolute Gasteiger partial charge is 0.356 e. The van der Waals surface area contributed by atoms with Gasteiger partial charge < -0.3 is 20.4 Å². The molecule has 1 aromatic rings. The molecule has 2 rings (SSSR count). The molecule has 2 heterocycles. The number of nitrogens with zero attached hydrogens (tertiary/aromatic N) is 4. The van der Waals surface area contributed by atoms with Crippen molar-refractivity contribution in [1.29, 1.82) is 0 Å². The van der Waals surface area contributed by atoms with E-state index in [1.54, 1.807) is 11.3 Å². The highest BCUT2D eigenvalue weighted by Crippen LogP contribution is 2.10. The highest BCUT2D eigenvalue weighted by atomic mass is 32.1. The van der Waals surface area contributed by atoms with E-state index in [1.165, 1.54) is 35.9 Å². The van der Waals surface area contributed by atoms with Crippen molar-refractivity contribution in [3.05, 3.63) is 16.1 Å². The fourth-order valence-corrected chi connectivity index (χ4v) is 3.47. The monoisotopic (exact) mass is 338 g/mol. The van der Waals surface area contributed by atoms with E-state index in [2.05, 4.69) is 44.4 Å². The summed E-state index contributed by atoms with van der Waals surface area (Å²) in [5.74, 6) is 0.880. The molecule has 0 bridgehead atoms. The fourth-order valence-electron chi connectivity index (χ4n) is 2.68. The first kappa shape index (κ1) is 18.2. The lowest BCUT2D eigenvalue weighted by molar-refractivity contribution is 0.280. The van der Waals surface area contributed by atoms with Crippen LogP contribution in [-0.2, 0) is 6.42 Å². The molecular formula is C16H30N6S. The average molecular weight is 339 g/mol. The standard InChI is InChI=1S/C16H30N6S/c1-14-13-20-15(23-14)5-6-18-16(17-2)19-7-10-22-9-4-8-21(3)11-12-22/h13H,4-12H2,1-3H3,(H2,17,18,19). The summed E-state index contributed by atoms with van der Waals surface area (Å²) in [6.07, 6.45) is 4.14. The van der Waals surface area contributed by atoms with E-state index in [0.29, 0.717) is 0 Å². The minimum Gasteiger partial charge on any atom is -0.356 e. The second kappa shape index (κ2) is 9.85. The Morgan fingerprint density at radius 3 is 2.83 bits per heavy atom. The molecule has 1 saturated heterocycles. The zero-order valence-corrected chi connectivity index (χ0v) is 15.5. The van der Waals surface area contributed by atoms with Gasteiger partial charge in [-0.15, -0.1) is 11.3 Å². The molecule has 1 aliphatic rings. The summed E-state index contributed by atoms with van der Waals surface area (Å²) in [6.45, 7) is 9.69. The fraction of sp³-hybridized carbons (Fsp3) is 0.750. The Bertz CT molecular complexity index is 487. The number of hydrogen-bond acceptors (Lipinski definition) is 5. The van der Waals surface area contributed by atoms with Gasteiger partial charge in [0.15, 0.2) is 5.96 Å². The molecule has 1 aliphatic heterocycles. The molecular weight excluding hydrogens is 308 g/mol.